The lowest BCUT2D eigenvalue weighted by Crippen LogP contribution is -2.21. The number of carbonyl (C=O) groups excluding carboxylic acids is 1. The van der Waals surface area contributed by atoms with Gasteiger partial charge in [-0.3, -0.25) is 9.59 Å². The Hall–Kier alpha value is -5.97. The fraction of sp³-hybridized carbons (Fsp3) is 0.118. The fourth-order valence-electron chi connectivity index (χ4n) is 4.76. The average molecular weight is 606 g/mol. The van der Waals surface area contributed by atoms with Gasteiger partial charge in [-0.2, -0.15) is 9.78 Å². The molecule has 0 fully saturated rings. The predicted octanol–water partition coefficient (Wildman–Crippen LogP) is 5.92. The summed E-state index contributed by atoms with van der Waals surface area (Å²) >= 11 is 0. The van der Waals surface area contributed by atoms with Gasteiger partial charge in [0.25, 0.3) is 11.5 Å². The number of hydrogen-bond donors (Lipinski definition) is 1. The first-order valence-electron chi connectivity index (χ1n) is 13.9. The quantitative estimate of drug-likeness (QED) is 0.204. The molecular weight excluding hydrogens is 577 g/mol. The van der Waals surface area contributed by atoms with Gasteiger partial charge in [-0.25, -0.2) is 9.37 Å². The second-order valence-corrected chi connectivity index (χ2v) is 10.2. The van der Waals surface area contributed by atoms with E-state index in [9.17, 15) is 14.0 Å². The van der Waals surface area contributed by atoms with Gasteiger partial charge in [0.05, 0.1) is 35.3 Å². The zero-order valence-corrected chi connectivity index (χ0v) is 24.7. The van der Waals surface area contributed by atoms with Crippen LogP contribution in [-0.2, 0) is 4.79 Å². The molecule has 0 aliphatic heterocycles. The highest BCUT2D eigenvalue weighted by molar-refractivity contribution is 5.92. The highest BCUT2D eigenvalue weighted by atomic mass is 19.1. The molecule has 0 aliphatic carbocycles. The number of ether oxygens (including phenoxy) is 2. The van der Waals surface area contributed by atoms with E-state index in [4.69, 9.17) is 18.9 Å². The number of anilines is 2. The Morgan fingerprint density at radius 2 is 1.80 bits per heavy atom. The van der Waals surface area contributed by atoms with Gasteiger partial charge in [0.1, 0.15) is 22.9 Å². The molecule has 0 aliphatic rings. The van der Waals surface area contributed by atoms with Crippen molar-refractivity contribution < 1.29 is 23.1 Å². The Bertz CT molecular complexity index is 2140. The standard InChI is InChI=1S/C34H28FN5O5/c1-39(2)22-16-15-21(30(17-22)44-20-32(41)37-27-12-7-5-10-25(27)35)19-36-40-33(38-26-11-6-4-9-23(26)34(40)42)31-18-24-28(43-3)13-8-14-29(24)45-31/h4-19H,20H2,1-3H3,(H,37,41). The average Bonchev–Trinajstić information content (AvgIpc) is 3.49. The zero-order valence-electron chi connectivity index (χ0n) is 24.7. The van der Waals surface area contributed by atoms with Crippen LogP contribution in [0.25, 0.3) is 33.5 Å². The van der Waals surface area contributed by atoms with E-state index in [1.165, 1.54) is 29.1 Å². The molecule has 0 bridgehead atoms. The highest BCUT2D eigenvalue weighted by Gasteiger charge is 2.18. The molecule has 0 atom stereocenters. The van der Waals surface area contributed by atoms with E-state index in [1.807, 2.05) is 37.2 Å². The van der Waals surface area contributed by atoms with Crippen molar-refractivity contribution in [3.05, 3.63) is 113 Å². The number of aromatic nitrogens is 2. The van der Waals surface area contributed by atoms with E-state index < -0.39 is 23.9 Å². The van der Waals surface area contributed by atoms with Crippen LogP contribution < -0.4 is 25.2 Å². The number of para-hydroxylation sites is 2. The lowest BCUT2D eigenvalue weighted by atomic mass is 10.2. The van der Waals surface area contributed by atoms with Crippen LogP contribution in [0.4, 0.5) is 15.8 Å². The van der Waals surface area contributed by atoms with Crippen molar-refractivity contribution >= 4 is 45.4 Å². The van der Waals surface area contributed by atoms with Crippen molar-refractivity contribution in [1.29, 1.82) is 0 Å². The van der Waals surface area contributed by atoms with Crippen LogP contribution in [0.2, 0.25) is 0 Å². The van der Waals surface area contributed by atoms with E-state index in [2.05, 4.69) is 10.4 Å². The largest absolute Gasteiger partial charge is 0.496 e. The number of nitrogens with zero attached hydrogens (tertiary/aromatic N) is 4. The summed E-state index contributed by atoms with van der Waals surface area (Å²) in [6.45, 7) is -0.393. The molecule has 2 aromatic heterocycles. The molecule has 11 heteroatoms. The molecule has 1 N–H and O–H groups in total. The Morgan fingerprint density at radius 1 is 1.00 bits per heavy atom. The number of benzene rings is 4. The molecule has 0 radical (unpaired) electrons. The molecule has 0 unspecified atom stereocenters. The first-order chi connectivity index (χ1) is 21.8. The first-order valence-corrected chi connectivity index (χ1v) is 13.9. The zero-order chi connectivity index (χ0) is 31.5. The molecule has 0 saturated heterocycles. The number of methoxy groups -OCH3 is 1. The molecule has 4 aromatic carbocycles. The van der Waals surface area contributed by atoms with E-state index in [1.54, 1.807) is 61.7 Å². The minimum absolute atomic E-state index is 0.0499. The number of hydrogen-bond acceptors (Lipinski definition) is 8. The first kappa shape index (κ1) is 29.1. The second kappa shape index (κ2) is 12.3. The highest BCUT2D eigenvalue weighted by Crippen LogP contribution is 2.33. The minimum atomic E-state index is -0.554. The third-order valence-electron chi connectivity index (χ3n) is 7.05. The Labute approximate surface area is 256 Å². The van der Waals surface area contributed by atoms with Gasteiger partial charge in [-0.1, -0.05) is 30.3 Å². The molecule has 10 nitrogen and oxygen atoms in total. The lowest BCUT2D eigenvalue weighted by Gasteiger charge is -2.16. The third-order valence-corrected chi connectivity index (χ3v) is 7.05. The summed E-state index contributed by atoms with van der Waals surface area (Å²) in [5, 5.41) is 8.14. The van der Waals surface area contributed by atoms with Crippen molar-refractivity contribution in [2.75, 3.05) is 38.0 Å². The van der Waals surface area contributed by atoms with Crippen molar-refractivity contribution in [3.63, 3.8) is 0 Å². The SMILES string of the molecule is COc1cccc2oc(-c3nc4ccccc4c(=O)n3N=Cc3ccc(N(C)C)cc3OCC(=O)Nc3ccccc3F)cc12. The lowest BCUT2D eigenvalue weighted by molar-refractivity contribution is -0.118. The maximum absolute atomic E-state index is 14.0. The van der Waals surface area contributed by atoms with E-state index in [0.29, 0.717) is 39.3 Å². The van der Waals surface area contributed by atoms with E-state index in [0.717, 1.165) is 11.1 Å². The van der Waals surface area contributed by atoms with E-state index >= 15 is 0 Å². The van der Waals surface area contributed by atoms with Gasteiger partial charge in [0, 0.05) is 31.4 Å². The minimum Gasteiger partial charge on any atom is -0.496 e. The molecule has 6 aromatic rings. The van der Waals surface area contributed by atoms with Crippen LogP contribution in [0.3, 0.4) is 0 Å². The summed E-state index contributed by atoms with van der Waals surface area (Å²) in [4.78, 5) is 33.0. The topological polar surface area (TPSA) is 111 Å². The molecule has 226 valence electrons. The number of carbonyl (C=O) groups is 1. The van der Waals surface area contributed by atoms with Crippen molar-refractivity contribution in [3.8, 4) is 23.1 Å². The van der Waals surface area contributed by atoms with E-state index in [-0.39, 0.29) is 11.5 Å². The van der Waals surface area contributed by atoms with Crippen LogP contribution in [0.1, 0.15) is 5.56 Å². The summed E-state index contributed by atoms with van der Waals surface area (Å²) in [6.07, 6.45) is 1.45. The van der Waals surface area contributed by atoms with Crippen LogP contribution in [0, 0.1) is 5.82 Å². The third kappa shape index (κ3) is 5.96. The molecule has 0 spiro atoms. The number of furan rings is 1. The number of fused-ring (bicyclic) bond motifs is 2. The van der Waals surface area contributed by atoms with Crippen LogP contribution >= 0.6 is 0 Å². The Kier molecular flexibility index (Phi) is 7.98. The number of halogens is 1. The van der Waals surface area contributed by atoms with Gasteiger partial charge in [-0.15, -0.1) is 0 Å². The summed E-state index contributed by atoms with van der Waals surface area (Å²) in [5.74, 6) is 0.341. The van der Waals surface area contributed by atoms with Crippen LogP contribution in [0.15, 0.2) is 105 Å². The Balaban J connectivity index is 1.39. The summed E-state index contributed by atoms with van der Waals surface area (Å²) < 4.78 is 32.7. The van der Waals surface area contributed by atoms with Gasteiger partial charge < -0.3 is 24.1 Å². The normalized spacial score (nSPS) is 11.3. The van der Waals surface area contributed by atoms with Crippen molar-refractivity contribution in [2.24, 2.45) is 5.10 Å². The van der Waals surface area contributed by atoms with Gasteiger partial charge in [0.15, 0.2) is 12.4 Å². The van der Waals surface area contributed by atoms with Gasteiger partial charge in [0.2, 0.25) is 5.82 Å². The number of rotatable bonds is 9. The van der Waals surface area contributed by atoms with Crippen molar-refractivity contribution in [2.45, 2.75) is 0 Å². The predicted molar refractivity (Wildman–Crippen MR) is 172 cm³/mol. The van der Waals surface area contributed by atoms with Gasteiger partial charge in [-0.05, 0) is 54.6 Å². The summed E-state index contributed by atoms with van der Waals surface area (Å²) in [5.41, 5.74) is 1.97. The monoisotopic (exact) mass is 605 g/mol. The maximum Gasteiger partial charge on any atom is 0.282 e. The summed E-state index contributed by atoms with van der Waals surface area (Å²) in [7, 11) is 5.31. The molecule has 6 rings (SSSR count). The van der Waals surface area contributed by atoms with Crippen molar-refractivity contribution in [1.82, 2.24) is 9.66 Å². The number of nitrogens with one attached hydrogen (secondary N) is 1. The molecule has 45 heavy (non-hydrogen) atoms. The second-order valence-electron chi connectivity index (χ2n) is 10.2. The Morgan fingerprint density at radius 3 is 2.60 bits per heavy atom. The molecular formula is C34H28FN5O5. The summed E-state index contributed by atoms with van der Waals surface area (Å²) in [6, 6.07) is 25.4. The smallest absolute Gasteiger partial charge is 0.282 e. The number of amides is 1. The van der Waals surface area contributed by atoms with Crippen LogP contribution in [0.5, 0.6) is 11.5 Å². The maximum atomic E-state index is 14.0. The fourth-order valence-corrected chi connectivity index (χ4v) is 4.76. The molecule has 2 heterocycles. The molecule has 0 saturated carbocycles. The van der Waals surface area contributed by atoms with Gasteiger partial charge >= 0.3 is 0 Å². The molecule has 1 amide bonds. The van der Waals surface area contributed by atoms with Crippen LogP contribution in [-0.4, -0.2) is 49.6 Å².